The molecule has 0 amide bonds. The molecule has 0 radical (unpaired) electrons. The quantitative estimate of drug-likeness (QED) is 0.402. The molecule has 0 aromatic rings. The number of hydrogen-bond donors (Lipinski definition) is 1. The first kappa shape index (κ1) is 12.2. The van der Waals surface area contributed by atoms with Gasteiger partial charge in [0, 0.05) is 6.54 Å². The summed E-state index contributed by atoms with van der Waals surface area (Å²) in [4.78, 5) is 3.67. The average molecular weight is 203 g/mol. The third kappa shape index (κ3) is 25.7. The van der Waals surface area contributed by atoms with Gasteiger partial charge in [-0.3, -0.25) is 0 Å². The van der Waals surface area contributed by atoms with Crippen LogP contribution in [-0.4, -0.2) is 33.4 Å². The Hall–Kier alpha value is -0.461. The van der Waals surface area contributed by atoms with Gasteiger partial charge in [0.05, 0.1) is 0 Å². The maximum absolute atomic E-state index is 4.91. The molecule has 0 saturated heterocycles. The summed E-state index contributed by atoms with van der Waals surface area (Å²) in [6.07, 6.45) is 3.37. The first-order valence-corrected chi connectivity index (χ1v) is 3.64. The molecule has 0 unspecified atom stereocenters. The zero-order valence-electron chi connectivity index (χ0n) is 5.92. The van der Waals surface area contributed by atoms with Gasteiger partial charge < -0.3 is 5.73 Å². The molecule has 2 N–H and O–H groups in total. The van der Waals surface area contributed by atoms with Crippen molar-refractivity contribution < 1.29 is 0 Å². The molecule has 0 fully saturated rings. The van der Waals surface area contributed by atoms with Gasteiger partial charge in [0.2, 0.25) is 0 Å². The monoisotopic (exact) mass is 204 g/mol. The van der Waals surface area contributed by atoms with E-state index >= 15 is 0 Å². The van der Waals surface area contributed by atoms with Crippen LogP contribution in [0, 0.1) is 0 Å². The van der Waals surface area contributed by atoms with Crippen molar-refractivity contribution in [1.82, 2.24) is 0 Å². The van der Waals surface area contributed by atoms with Crippen LogP contribution in [-0.2, 0) is 0 Å². The molecule has 0 atom stereocenters. The Morgan fingerprint density at radius 3 is 2.10 bits per heavy atom. The van der Waals surface area contributed by atoms with E-state index in [1.54, 1.807) is 12.2 Å². The standard InChI is InChI=1S/C4H5NSe.C3H7N/c1-2-3-5-4-6;1-2-3-4/h2H,1,3H2;2H,1,3-4H2. The van der Waals surface area contributed by atoms with Gasteiger partial charge in [-0.25, -0.2) is 0 Å². The first-order chi connectivity index (χ1) is 4.83. The maximum atomic E-state index is 4.91. The molecule has 0 heterocycles. The zero-order chi connectivity index (χ0) is 8.24. The summed E-state index contributed by atoms with van der Waals surface area (Å²) < 4.78 is 2.50. The van der Waals surface area contributed by atoms with E-state index in [4.69, 9.17) is 5.73 Å². The number of hydrogen-bond acceptors (Lipinski definition) is 2. The summed E-state index contributed by atoms with van der Waals surface area (Å²) >= 11 is 2.51. The summed E-state index contributed by atoms with van der Waals surface area (Å²) in [6, 6.07) is 0. The Kier molecular flexibility index (Phi) is 19.4. The summed E-state index contributed by atoms with van der Waals surface area (Å²) in [6.45, 7) is 8.05. The fourth-order valence-corrected chi connectivity index (χ4v) is 0.258. The van der Waals surface area contributed by atoms with Crippen LogP contribution in [0.15, 0.2) is 30.3 Å². The van der Waals surface area contributed by atoms with Gasteiger partial charge in [-0.15, -0.1) is 6.58 Å². The minimum atomic E-state index is 0.583. The van der Waals surface area contributed by atoms with E-state index in [-0.39, 0.29) is 0 Å². The van der Waals surface area contributed by atoms with Crippen molar-refractivity contribution in [3.8, 4) is 0 Å². The Labute approximate surface area is 69.9 Å². The van der Waals surface area contributed by atoms with Gasteiger partial charge in [-0.1, -0.05) is 6.08 Å². The van der Waals surface area contributed by atoms with Gasteiger partial charge in [-0.05, 0) is 0 Å². The van der Waals surface area contributed by atoms with Crippen molar-refractivity contribution in [2.45, 2.75) is 0 Å². The number of rotatable bonds is 3. The molecule has 10 heavy (non-hydrogen) atoms. The predicted molar refractivity (Wildman–Crippen MR) is 47.5 cm³/mol. The molecule has 0 saturated carbocycles. The van der Waals surface area contributed by atoms with Gasteiger partial charge in [0.25, 0.3) is 0 Å². The van der Waals surface area contributed by atoms with Crippen LogP contribution in [0.2, 0.25) is 0 Å². The molecule has 0 rings (SSSR count). The summed E-state index contributed by atoms with van der Waals surface area (Å²) in [5.41, 5.74) is 4.91. The van der Waals surface area contributed by atoms with Crippen molar-refractivity contribution in [3.05, 3.63) is 25.3 Å². The van der Waals surface area contributed by atoms with E-state index in [2.05, 4.69) is 38.4 Å². The van der Waals surface area contributed by atoms with Gasteiger partial charge in [0.15, 0.2) is 0 Å². The molecule has 0 spiro atoms. The van der Waals surface area contributed by atoms with E-state index in [0.29, 0.717) is 13.1 Å². The molecule has 0 bridgehead atoms. The molecule has 2 nitrogen and oxygen atoms in total. The Bertz CT molecular complexity index is 126. The third-order valence-electron chi connectivity index (χ3n) is 0.452. The predicted octanol–water partition coefficient (Wildman–Crippen LogP) is 0.377. The number of aliphatic imine (C=N–C) groups is 1. The second-order valence-electron chi connectivity index (χ2n) is 1.25. The van der Waals surface area contributed by atoms with Crippen molar-refractivity contribution >= 4 is 20.3 Å². The molecule has 0 aliphatic heterocycles. The van der Waals surface area contributed by atoms with Crippen LogP contribution in [0.5, 0.6) is 0 Å². The van der Waals surface area contributed by atoms with Crippen LogP contribution < -0.4 is 5.73 Å². The second kappa shape index (κ2) is 15.8. The number of nitrogens with two attached hydrogens (primary N) is 1. The minimum absolute atomic E-state index is 0.583. The molecule has 0 aromatic heterocycles. The molecule has 0 aromatic carbocycles. The van der Waals surface area contributed by atoms with Gasteiger partial charge in [0.1, 0.15) is 0 Å². The molecule has 0 aliphatic rings. The van der Waals surface area contributed by atoms with Crippen LogP contribution in [0.1, 0.15) is 0 Å². The molecule has 0 aliphatic carbocycles. The van der Waals surface area contributed by atoms with E-state index in [1.165, 1.54) is 0 Å². The topological polar surface area (TPSA) is 38.4 Å². The van der Waals surface area contributed by atoms with Crippen LogP contribution in [0.3, 0.4) is 0 Å². The molecular weight excluding hydrogens is 191 g/mol. The average Bonchev–Trinajstić information content (AvgIpc) is 2.01. The van der Waals surface area contributed by atoms with E-state index in [0.717, 1.165) is 0 Å². The van der Waals surface area contributed by atoms with Crippen molar-refractivity contribution in [2.24, 2.45) is 10.7 Å². The van der Waals surface area contributed by atoms with Gasteiger partial charge in [-0.2, -0.15) is 0 Å². The van der Waals surface area contributed by atoms with Crippen molar-refractivity contribution in [2.75, 3.05) is 13.1 Å². The summed E-state index contributed by atoms with van der Waals surface area (Å²) in [7, 11) is 0. The van der Waals surface area contributed by atoms with Crippen molar-refractivity contribution in [3.63, 3.8) is 0 Å². The van der Waals surface area contributed by atoms with Crippen LogP contribution >= 0.6 is 0 Å². The van der Waals surface area contributed by atoms with E-state index in [1.807, 2.05) is 0 Å². The Morgan fingerprint density at radius 2 is 2.00 bits per heavy atom. The van der Waals surface area contributed by atoms with E-state index in [9.17, 15) is 0 Å². The Balaban J connectivity index is 0. The third-order valence-corrected chi connectivity index (χ3v) is 0.722. The van der Waals surface area contributed by atoms with Crippen LogP contribution in [0.4, 0.5) is 0 Å². The fourth-order valence-electron chi connectivity index (χ4n) is 0.102. The number of nitrogens with zero attached hydrogens (tertiary/aromatic N) is 1. The molecule has 56 valence electrons. The Morgan fingerprint density at radius 1 is 1.50 bits per heavy atom. The van der Waals surface area contributed by atoms with Gasteiger partial charge >= 0.3 is 44.5 Å². The SMILES string of the molecule is C=CCN.C=CCN=C=[Se]. The zero-order valence-corrected chi connectivity index (χ0v) is 7.63. The first-order valence-electron chi connectivity index (χ1n) is 2.79. The molecular formula is C7H12N2Se. The summed E-state index contributed by atoms with van der Waals surface area (Å²) in [5.74, 6) is 0. The van der Waals surface area contributed by atoms with E-state index < -0.39 is 0 Å². The van der Waals surface area contributed by atoms with Crippen LogP contribution in [0.25, 0.3) is 0 Å². The van der Waals surface area contributed by atoms with Crippen molar-refractivity contribution in [1.29, 1.82) is 0 Å². The fraction of sp³-hybridized carbons (Fsp3) is 0.286. The molecule has 3 heteroatoms. The normalized spacial score (nSPS) is 6.10. The second-order valence-corrected chi connectivity index (χ2v) is 1.63. The summed E-state index contributed by atoms with van der Waals surface area (Å²) in [5, 5.41) is 0.